The first-order valence-electron chi connectivity index (χ1n) is 5.45. The maximum atomic E-state index is 11.5. The summed E-state index contributed by atoms with van der Waals surface area (Å²) in [5, 5.41) is 2.78. The van der Waals surface area contributed by atoms with Crippen molar-refractivity contribution in [3.63, 3.8) is 0 Å². The van der Waals surface area contributed by atoms with E-state index < -0.39 is 6.10 Å². The summed E-state index contributed by atoms with van der Waals surface area (Å²) in [7, 11) is 0. The molecule has 0 radical (unpaired) electrons. The number of halogens is 1. The number of hydrogen-bond donors (Lipinski definition) is 1. The Hall–Kier alpha value is -1.14. The van der Waals surface area contributed by atoms with Crippen LogP contribution < -0.4 is 5.32 Å². The van der Waals surface area contributed by atoms with Gasteiger partial charge in [0.05, 0.1) is 18.6 Å². The van der Waals surface area contributed by atoms with Gasteiger partial charge in [0.15, 0.2) is 0 Å². The van der Waals surface area contributed by atoms with Crippen LogP contribution in [0.3, 0.4) is 0 Å². The van der Waals surface area contributed by atoms with E-state index >= 15 is 0 Å². The molecule has 17 heavy (non-hydrogen) atoms. The summed E-state index contributed by atoms with van der Waals surface area (Å²) < 4.78 is 7.35. The standard InChI is InChI=1S/C11H14BrN3O2/c12-2-1-4-15-7-9(14-8-15)6-10-11(16)13-3-5-17-10/h1-2,7-8,10H,3-6H2,(H,13,16)/b2-1-/t10-/m0/s1. The first kappa shape index (κ1) is 12.3. The summed E-state index contributed by atoms with van der Waals surface area (Å²) in [5.74, 6) is -0.0499. The average Bonchev–Trinajstić information content (AvgIpc) is 2.77. The predicted octanol–water partition coefficient (Wildman–Crippen LogP) is 0.849. The maximum absolute atomic E-state index is 11.5. The number of carbonyl (C=O) groups is 1. The van der Waals surface area contributed by atoms with Crippen molar-refractivity contribution in [1.82, 2.24) is 14.9 Å². The highest BCUT2D eigenvalue weighted by Crippen LogP contribution is 2.07. The summed E-state index contributed by atoms with van der Waals surface area (Å²) in [4.78, 5) is 17.6. The molecule has 0 spiro atoms. The number of nitrogens with zero attached hydrogens (tertiary/aromatic N) is 2. The number of amides is 1. The van der Waals surface area contributed by atoms with E-state index in [1.165, 1.54) is 0 Å². The molecule has 1 aliphatic rings. The van der Waals surface area contributed by atoms with E-state index in [-0.39, 0.29) is 5.91 Å². The quantitative estimate of drug-likeness (QED) is 0.897. The summed E-state index contributed by atoms with van der Waals surface area (Å²) in [6, 6.07) is 0. The van der Waals surface area contributed by atoms with Crippen molar-refractivity contribution in [1.29, 1.82) is 0 Å². The summed E-state index contributed by atoms with van der Waals surface area (Å²) in [6.07, 6.45) is 5.77. The van der Waals surface area contributed by atoms with Crippen LogP contribution >= 0.6 is 15.9 Å². The molecule has 2 heterocycles. The minimum Gasteiger partial charge on any atom is -0.366 e. The van der Waals surface area contributed by atoms with Gasteiger partial charge in [-0.2, -0.15) is 0 Å². The molecule has 0 bridgehead atoms. The van der Waals surface area contributed by atoms with Gasteiger partial charge in [0.1, 0.15) is 6.10 Å². The van der Waals surface area contributed by atoms with Crippen molar-refractivity contribution in [2.45, 2.75) is 19.1 Å². The van der Waals surface area contributed by atoms with Crippen LogP contribution in [0.15, 0.2) is 23.6 Å². The fourth-order valence-corrected chi connectivity index (χ4v) is 1.85. The van der Waals surface area contributed by atoms with Gasteiger partial charge in [-0.05, 0) is 4.99 Å². The molecule has 92 valence electrons. The zero-order valence-corrected chi connectivity index (χ0v) is 10.9. The van der Waals surface area contributed by atoms with Crippen molar-refractivity contribution >= 4 is 21.8 Å². The Balaban J connectivity index is 1.93. The van der Waals surface area contributed by atoms with E-state index in [0.29, 0.717) is 19.6 Å². The van der Waals surface area contributed by atoms with Crippen molar-refractivity contribution < 1.29 is 9.53 Å². The van der Waals surface area contributed by atoms with Crippen molar-refractivity contribution in [3.05, 3.63) is 29.3 Å². The van der Waals surface area contributed by atoms with Crippen LogP contribution in [0.5, 0.6) is 0 Å². The molecule has 5 nitrogen and oxygen atoms in total. The number of ether oxygens (including phenoxy) is 1. The van der Waals surface area contributed by atoms with Crippen LogP contribution in [-0.2, 0) is 22.5 Å². The summed E-state index contributed by atoms with van der Waals surface area (Å²) >= 11 is 3.21. The molecule has 1 fully saturated rings. The van der Waals surface area contributed by atoms with Crippen LogP contribution in [0.2, 0.25) is 0 Å². The molecule has 1 amide bonds. The number of allylic oxidation sites excluding steroid dienone is 1. The molecule has 0 saturated carbocycles. The number of rotatable bonds is 4. The molecule has 0 aromatic carbocycles. The molecule has 0 unspecified atom stereocenters. The van der Waals surface area contributed by atoms with Crippen molar-refractivity contribution in [2.24, 2.45) is 0 Å². The van der Waals surface area contributed by atoms with Crippen LogP contribution in [0.4, 0.5) is 0 Å². The Labute approximate surface area is 108 Å². The van der Waals surface area contributed by atoms with Crippen molar-refractivity contribution in [2.75, 3.05) is 13.2 Å². The van der Waals surface area contributed by atoms with Gasteiger partial charge in [0.2, 0.25) is 5.91 Å². The molecular weight excluding hydrogens is 286 g/mol. The molecule has 2 rings (SSSR count). The van der Waals surface area contributed by atoms with Crippen LogP contribution in [0.25, 0.3) is 0 Å². The van der Waals surface area contributed by atoms with Crippen LogP contribution in [0, 0.1) is 0 Å². The fraction of sp³-hybridized carbons (Fsp3) is 0.455. The highest BCUT2D eigenvalue weighted by molar-refractivity contribution is 9.11. The third-order valence-electron chi connectivity index (χ3n) is 2.50. The molecule has 1 aromatic heterocycles. The minimum atomic E-state index is -0.404. The van der Waals surface area contributed by atoms with Crippen LogP contribution in [-0.4, -0.2) is 34.7 Å². The fourth-order valence-electron chi connectivity index (χ4n) is 1.68. The molecule has 1 saturated heterocycles. The Morgan fingerprint density at radius 3 is 3.35 bits per heavy atom. The lowest BCUT2D eigenvalue weighted by Gasteiger charge is -2.21. The molecule has 1 atom stereocenters. The number of hydrogen-bond acceptors (Lipinski definition) is 3. The first-order chi connectivity index (χ1) is 8.29. The molecular formula is C11H14BrN3O2. The highest BCUT2D eigenvalue weighted by Gasteiger charge is 2.23. The molecule has 1 aromatic rings. The molecule has 1 aliphatic heterocycles. The van der Waals surface area contributed by atoms with E-state index in [1.54, 1.807) is 6.33 Å². The Kier molecular flexibility index (Phi) is 4.33. The highest BCUT2D eigenvalue weighted by atomic mass is 79.9. The van der Waals surface area contributed by atoms with Gasteiger partial charge < -0.3 is 14.6 Å². The second-order valence-corrected chi connectivity index (χ2v) is 4.31. The van der Waals surface area contributed by atoms with Crippen molar-refractivity contribution in [3.8, 4) is 0 Å². The Morgan fingerprint density at radius 2 is 2.59 bits per heavy atom. The van der Waals surface area contributed by atoms with Gasteiger partial charge in [0, 0.05) is 25.7 Å². The van der Waals surface area contributed by atoms with Gasteiger partial charge in [0.25, 0.3) is 0 Å². The summed E-state index contributed by atoms with van der Waals surface area (Å²) in [6.45, 7) is 1.93. The third kappa shape index (κ3) is 3.41. The zero-order valence-electron chi connectivity index (χ0n) is 9.30. The molecule has 6 heteroatoms. The second-order valence-electron chi connectivity index (χ2n) is 3.78. The molecule has 1 N–H and O–H groups in total. The van der Waals surface area contributed by atoms with Gasteiger partial charge >= 0.3 is 0 Å². The second kappa shape index (κ2) is 5.97. The van der Waals surface area contributed by atoms with E-state index in [9.17, 15) is 4.79 Å². The number of morpholine rings is 1. The van der Waals surface area contributed by atoms with Gasteiger partial charge in [-0.1, -0.05) is 22.0 Å². The van der Waals surface area contributed by atoms with Gasteiger partial charge in [-0.25, -0.2) is 4.98 Å². The zero-order chi connectivity index (χ0) is 12.1. The maximum Gasteiger partial charge on any atom is 0.249 e. The van der Waals surface area contributed by atoms with E-state index in [4.69, 9.17) is 4.74 Å². The number of nitrogens with one attached hydrogen (secondary N) is 1. The summed E-state index contributed by atoms with van der Waals surface area (Å²) in [5.41, 5.74) is 0.870. The van der Waals surface area contributed by atoms with E-state index in [0.717, 1.165) is 12.2 Å². The lowest BCUT2D eigenvalue weighted by molar-refractivity contribution is -0.137. The number of aromatic nitrogens is 2. The topological polar surface area (TPSA) is 56.1 Å². The average molecular weight is 300 g/mol. The predicted molar refractivity (Wildman–Crippen MR) is 66.7 cm³/mol. The largest absolute Gasteiger partial charge is 0.366 e. The van der Waals surface area contributed by atoms with E-state index in [1.807, 2.05) is 21.8 Å². The number of imidazole rings is 1. The lowest BCUT2D eigenvalue weighted by Crippen LogP contribution is -2.45. The number of carbonyl (C=O) groups excluding carboxylic acids is 1. The van der Waals surface area contributed by atoms with E-state index in [2.05, 4.69) is 26.2 Å². The van der Waals surface area contributed by atoms with Gasteiger partial charge in [-0.15, -0.1) is 0 Å². The third-order valence-corrected chi connectivity index (χ3v) is 2.87. The molecule has 0 aliphatic carbocycles. The Morgan fingerprint density at radius 1 is 1.71 bits per heavy atom. The SMILES string of the molecule is O=C1NCCO[C@H]1Cc1cn(C/C=C\Br)cn1. The first-order valence-corrected chi connectivity index (χ1v) is 6.36. The van der Waals surface area contributed by atoms with Gasteiger partial charge in [-0.3, -0.25) is 4.79 Å². The smallest absolute Gasteiger partial charge is 0.249 e. The monoisotopic (exact) mass is 299 g/mol. The normalized spacial score (nSPS) is 20.8. The lowest BCUT2D eigenvalue weighted by atomic mass is 10.2. The minimum absolute atomic E-state index is 0.0499. The Bertz CT molecular complexity index is 417. The van der Waals surface area contributed by atoms with Crippen LogP contribution in [0.1, 0.15) is 5.69 Å².